The molecule has 2 nitrogen and oxygen atoms in total. The van der Waals surface area contributed by atoms with Crippen molar-refractivity contribution in [3.63, 3.8) is 0 Å². The van der Waals surface area contributed by atoms with Crippen molar-refractivity contribution in [2.45, 2.75) is 27.7 Å². The summed E-state index contributed by atoms with van der Waals surface area (Å²) in [6.45, 7) is 8.51. The molecule has 0 heterocycles. The van der Waals surface area contributed by atoms with E-state index >= 15 is 0 Å². The van der Waals surface area contributed by atoms with E-state index in [4.69, 9.17) is 0 Å². The van der Waals surface area contributed by atoms with E-state index in [1.54, 1.807) is 0 Å². The molecule has 0 aliphatic carbocycles. The van der Waals surface area contributed by atoms with Gasteiger partial charge in [-0.25, -0.2) is 0 Å². The van der Waals surface area contributed by atoms with Crippen LogP contribution in [0.15, 0.2) is 194 Å². The van der Waals surface area contributed by atoms with Gasteiger partial charge in [-0.2, -0.15) is 0 Å². The molecule has 0 aliphatic heterocycles. The second-order valence-electron chi connectivity index (χ2n) is 15.9. The third-order valence-electron chi connectivity index (χ3n) is 11.3. The van der Waals surface area contributed by atoms with Gasteiger partial charge in [-0.3, -0.25) is 0 Å². The van der Waals surface area contributed by atoms with E-state index in [-0.39, 0.29) is 0 Å². The summed E-state index contributed by atoms with van der Waals surface area (Å²) < 4.78 is 0. The fourth-order valence-electron chi connectivity index (χ4n) is 7.77. The van der Waals surface area contributed by atoms with Crippen LogP contribution in [-0.2, 0) is 0 Å². The zero-order chi connectivity index (χ0) is 41.0. The second-order valence-corrected chi connectivity index (χ2v) is 15.9. The molecule has 0 aliphatic rings. The first kappa shape index (κ1) is 38.1. The molecule has 0 bridgehead atoms. The van der Waals surface area contributed by atoms with Gasteiger partial charge in [-0.05, 0) is 169 Å². The van der Waals surface area contributed by atoms with Crippen LogP contribution in [0.3, 0.4) is 0 Å². The Kier molecular flexibility index (Phi) is 10.7. The number of nitrogens with zero attached hydrogens (tertiary/aromatic N) is 2. The highest BCUT2D eigenvalue weighted by molar-refractivity contribution is 6.00. The van der Waals surface area contributed by atoms with Crippen LogP contribution in [0.4, 0.5) is 34.1 Å². The summed E-state index contributed by atoms with van der Waals surface area (Å²) in [5, 5.41) is 4.94. The monoisotopic (exact) mass is 772 g/mol. The van der Waals surface area contributed by atoms with Crippen LogP contribution in [0.5, 0.6) is 0 Å². The average molecular weight is 773 g/mol. The van der Waals surface area contributed by atoms with Crippen LogP contribution >= 0.6 is 0 Å². The van der Waals surface area contributed by atoms with Gasteiger partial charge in [0.2, 0.25) is 0 Å². The lowest BCUT2D eigenvalue weighted by molar-refractivity contribution is 1.27. The molecule has 0 aromatic heterocycles. The maximum absolute atomic E-state index is 2.31. The molecule has 0 fully saturated rings. The van der Waals surface area contributed by atoms with Gasteiger partial charge in [0.1, 0.15) is 0 Å². The Labute approximate surface area is 354 Å². The molecule has 0 saturated carbocycles. The molecule has 0 atom stereocenters. The van der Waals surface area contributed by atoms with E-state index in [0.717, 1.165) is 45.3 Å². The standard InChI is InChI=1S/C58H48N2/c1-41-5-25-53(26-6-41)59(54-27-7-42(2)8-28-54)57-33-19-45(20-34-57)13-15-47-17-23-49-40-52-38-48(18-24-50(52)39-51(49)37-47)16-14-46-21-35-58(36-22-46)60(55-29-9-43(3)10-30-55)56-31-11-44(4)12-32-56/h5-40H,1-4H3. The van der Waals surface area contributed by atoms with Crippen LogP contribution in [0, 0.1) is 27.7 Å². The summed E-state index contributed by atoms with van der Waals surface area (Å²) in [4.78, 5) is 4.62. The summed E-state index contributed by atoms with van der Waals surface area (Å²) in [6, 6.07) is 70.6. The lowest BCUT2D eigenvalue weighted by atomic mass is 9.99. The van der Waals surface area contributed by atoms with Gasteiger partial charge < -0.3 is 9.80 Å². The van der Waals surface area contributed by atoms with Gasteiger partial charge in [0, 0.05) is 34.1 Å². The van der Waals surface area contributed by atoms with E-state index < -0.39 is 0 Å². The quantitative estimate of drug-likeness (QED) is 0.101. The zero-order valence-electron chi connectivity index (χ0n) is 34.7. The Bertz CT molecular complexity index is 2660. The second kappa shape index (κ2) is 16.8. The predicted molar refractivity (Wildman–Crippen MR) is 261 cm³/mol. The fourth-order valence-corrected chi connectivity index (χ4v) is 7.77. The van der Waals surface area contributed by atoms with Gasteiger partial charge in [0.05, 0.1) is 0 Å². The van der Waals surface area contributed by atoms with Crippen molar-refractivity contribution in [3.8, 4) is 0 Å². The Balaban J connectivity index is 0.902. The van der Waals surface area contributed by atoms with Crippen LogP contribution in [0.25, 0.3) is 45.8 Å². The highest BCUT2D eigenvalue weighted by Crippen LogP contribution is 2.37. The number of aryl methyl sites for hydroxylation is 4. The minimum atomic E-state index is 1.13. The van der Waals surface area contributed by atoms with E-state index in [9.17, 15) is 0 Å². The van der Waals surface area contributed by atoms with E-state index in [1.165, 1.54) is 54.9 Å². The smallest absolute Gasteiger partial charge is 0.0462 e. The first-order valence-electron chi connectivity index (χ1n) is 20.7. The molecular weight excluding hydrogens is 725 g/mol. The summed E-state index contributed by atoms with van der Waals surface area (Å²) in [5.74, 6) is 0. The number of benzene rings is 9. The molecule has 0 saturated heterocycles. The maximum atomic E-state index is 2.31. The molecular formula is C58H48N2. The highest BCUT2D eigenvalue weighted by atomic mass is 15.1. The minimum absolute atomic E-state index is 1.13. The Morgan fingerprint density at radius 3 is 0.750 bits per heavy atom. The lowest BCUT2D eigenvalue weighted by Gasteiger charge is -2.25. The number of rotatable bonds is 10. The van der Waals surface area contributed by atoms with Gasteiger partial charge >= 0.3 is 0 Å². The fraction of sp³-hybridized carbons (Fsp3) is 0.0690. The summed E-state index contributed by atoms with van der Waals surface area (Å²) in [6.07, 6.45) is 8.81. The summed E-state index contributed by atoms with van der Waals surface area (Å²) in [5.41, 5.74) is 16.5. The maximum Gasteiger partial charge on any atom is 0.0462 e. The minimum Gasteiger partial charge on any atom is -0.311 e. The topological polar surface area (TPSA) is 6.48 Å². The van der Waals surface area contributed by atoms with Gasteiger partial charge in [0.25, 0.3) is 0 Å². The van der Waals surface area contributed by atoms with E-state index in [1.807, 2.05) is 0 Å². The van der Waals surface area contributed by atoms with Crippen LogP contribution in [0.1, 0.15) is 44.5 Å². The van der Waals surface area contributed by atoms with Crippen molar-refractivity contribution < 1.29 is 0 Å². The molecule has 9 aromatic carbocycles. The Hall–Kier alpha value is -7.42. The first-order valence-corrected chi connectivity index (χ1v) is 20.7. The van der Waals surface area contributed by atoms with Crippen molar-refractivity contribution in [2.24, 2.45) is 0 Å². The average Bonchev–Trinajstić information content (AvgIpc) is 3.28. The van der Waals surface area contributed by atoms with Crippen LogP contribution < -0.4 is 9.80 Å². The molecule has 290 valence electrons. The molecule has 9 rings (SSSR count). The molecule has 0 radical (unpaired) electrons. The molecule has 2 heteroatoms. The molecule has 9 aromatic rings. The van der Waals surface area contributed by atoms with Crippen molar-refractivity contribution >= 4 is 80.0 Å². The third kappa shape index (κ3) is 8.55. The zero-order valence-corrected chi connectivity index (χ0v) is 34.7. The van der Waals surface area contributed by atoms with Gasteiger partial charge in [-0.15, -0.1) is 0 Å². The highest BCUT2D eigenvalue weighted by Gasteiger charge is 2.14. The number of anilines is 6. The van der Waals surface area contributed by atoms with Crippen LogP contribution in [0.2, 0.25) is 0 Å². The molecule has 0 N–H and O–H groups in total. The van der Waals surface area contributed by atoms with Crippen LogP contribution in [-0.4, -0.2) is 0 Å². The third-order valence-corrected chi connectivity index (χ3v) is 11.3. The molecule has 0 unspecified atom stereocenters. The normalized spacial score (nSPS) is 11.5. The van der Waals surface area contributed by atoms with E-state index in [0.29, 0.717) is 0 Å². The summed E-state index contributed by atoms with van der Waals surface area (Å²) in [7, 11) is 0. The lowest BCUT2D eigenvalue weighted by Crippen LogP contribution is -2.09. The number of hydrogen-bond donors (Lipinski definition) is 0. The first-order chi connectivity index (χ1) is 29.3. The van der Waals surface area contributed by atoms with Crippen molar-refractivity contribution in [2.75, 3.05) is 9.80 Å². The molecule has 60 heavy (non-hydrogen) atoms. The number of fused-ring (bicyclic) bond motifs is 2. The van der Waals surface area contributed by atoms with Crippen molar-refractivity contribution in [1.29, 1.82) is 0 Å². The Morgan fingerprint density at radius 1 is 0.233 bits per heavy atom. The molecule has 0 spiro atoms. The molecule has 0 amide bonds. The Morgan fingerprint density at radius 2 is 0.467 bits per heavy atom. The van der Waals surface area contributed by atoms with E-state index in [2.05, 4.69) is 256 Å². The largest absolute Gasteiger partial charge is 0.311 e. The summed E-state index contributed by atoms with van der Waals surface area (Å²) >= 11 is 0. The predicted octanol–water partition coefficient (Wildman–Crippen LogP) is 16.5. The van der Waals surface area contributed by atoms with Gasteiger partial charge in [0.15, 0.2) is 0 Å². The number of hydrogen-bond acceptors (Lipinski definition) is 2. The van der Waals surface area contributed by atoms with Crippen molar-refractivity contribution in [1.82, 2.24) is 0 Å². The SMILES string of the molecule is Cc1ccc(N(c2ccc(C)cc2)c2ccc(C=Cc3ccc4cc5cc(C=Cc6ccc(N(c7ccc(C)cc7)c7ccc(C)cc7)cc6)ccc5cc4c3)cc2)cc1. The van der Waals surface area contributed by atoms with Gasteiger partial charge in [-0.1, -0.05) is 144 Å². The van der Waals surface area contributed by atoms with Crippen molar-refractivity contribution in [3.05, 3.63) is 239 Å².